The van der Waals surface area contributed by atoms with Gasteiger partial charge in [0.25, 0.3) is 0 Å². The minimum atomic E-state index is 0.0361. The van der Waals surface area contributed by atoms with Crippen molar-refractivity contribution in [3.05, 3.63) is 18.0 Å². The van der Waals surface area contributed by atoms with E-state index in [1.54, 1.807) is 20.4 Å². The topological polar surface area (TPSA) is 95.2 Å². The lowest BCUT2D eigenvalue weighted by Gasteiger charge is -2.36. The van der Waals surface area contributed by atoms with Crippen LogP contribution in [-0.4, -0.2) is 86.9 Å². The highest BCUT2D eigenvalue weighted by atomic mass is 16.5. The van der Waals surface area contributed by atoms with Crippen molar-refractivity contribution in [3.63, 3.8) is 0 Å². The summed E-state index contributed by atoms with van der Waals surface area (Å²) in [6.45, 7) is 5.37. The Balaban J connectivity index is 1.69. The summed E-state index contributed by atoms with van der Waals surface area (Å²) in [4.78, 5) is 20.4. The molecule has 1 amide bonds. The molecule has 1 saturated heterocycles. The first kappa shape index (κ1) is 18.2. The third-order valence-corrected chi connectivity index (χ3v) is 3.80. The molecule has 0 aliphatic carbocycles. The Hall–Kier alpha value is -2.13. The zero-order valence-corrected chi connectivity index (χ0v) is 14.3. The summed E-state index contributed by atoms with van der Waals surface area (Å²) in [6.07, 6.45) is 1.55. The van der Waals surface area contributed by atoms with Crippen molar-refractivity contribution >= 4 is 11.9 Å². The number of nitrogens with zero attached hydrogens (tertiary/aromatic N) is 4. The molecule has 1 aromatic rings. The van der Waals surface area contributed by atoms with Crippen molar-refractivity contribution in [2.75, 3.05) is 60.0 Å². The third-order valence-electron chi connectivity index (χ3n) is 3.80. The molecule has 134 valence electrons. The Kier molecular flexibility index (Phi) is 7.50. The molecule has 0 bridgehead atoms. The van der Waals surface area contributed by atoms with Gasteiger partial charge in [-0.1, -0.05) is 5.16 Å². The Labute approximate surface area is 142 Å². The molecule has 0 saturated carbocycles. The smallest absolute Gasteiger partial charge is 0.234 e. The number of hydrogen-bond acceptors (Lipinski definition) is 6. The van der Waals surface area contributed by atoms with E-state index in [9.17, 15) is 4.79 Å². The summed E-state index contributed by atoms with van der Waals surface area (Å²) in [5.41, 5.74) is 0.836. The van der Waals surface area contributed by atoms with Gasteiger partial charge >= 0.3 is 0 Å². The molecule has 2 rings (SSSR count). The van der Waals surface area contributed by atoms with Gasteiger partial charge in [0, 0.05) is 52.9 Å². The third kappa shape index (κ3) is 5.82. The van der Waals surface area contributed by atoms with E-state index in [-0.39, 0.29) is 5.91 Å². The van der Waals surface area contributed by atoms with Gasteiger partial charge in [-0.3, -0.25) is 14.7 Å². The largest absolute Gasteiger partial charge is 0.383 e. The van der Waals surface area contributed by atoms with Crippen LogP contribution in [0.2, 0.25) is 0 Å². The van der Waals surface area contributed by atoms with Crippen LogP contribution >= 0.6 is 0 Å². The molecular weight excluding hydrogens is 312 g/mol. The highest BCUT2D eigenvalue weighted by Gasteiger charge is 2.21. The quantitative estimate of drug-likeness (QED) is 0.379. The Bertz CT molecular complexity index is 511. The van der Waals surface area contributed by atoms with Gasteiger partial charge in [0.05, 0.1) is 19.7 Å². The number of guanidine groups is 1. The molecule has 24 heavy (non-hydrogen) atoms. The molecule has 1 aliphatic heterocycles. The molecule has 9 nitrogen and oxygen atoms in total. The number of nitrogens with one attached hydrogen (secondary N) is 2. The van der Waals surface area contributed by atoms with Gasteiger partial charge in [0.2, 0.25) is 5.91 Å². The van der Waals surface area contributed by atoms with Gasteiger partial charge in [0.1, 0.15) is 12.0 Å². The SMILES string of the molecule is CN=C(NCc1ccon1)N1CCN(CC(=O)NCCOC)CC1. The first-order valence-corrected chi connectivity index (χ1v) is 8.05. The summed E-state index contributed by atoms with van der Waals surface area (Å²) >= 11 is 0. The summed E-state index contributed by atoms with van der Waals surface area (Å²) in [7, 11) is 3.38. The highest BCUT2D eigenvalue weighted by molar-refractivity contribution is 5.80. The van der Waals surface area contributed by atoms with Gasteiger partial charge < -0.3 is 24.8 Å². The Morgan fingerprint density at radius 2 is 2.17 bits per heavy atom. The lowest BCUT2D eigenvalue weighted by Crippen LogP contribution is -2.54. The zero-order valence-electron chi connectivity index (χ0n) is 14.3. The van der Waals surface area contributed by atoms with E-state index in [1.165, 1.54) is 0 Å². The van der Waals surface area contributed by atoms with Crippen LogP contribution in [0, 0.1) is 0 Å². The van der Waals surface area contributed by atoms with Crippen LogP contribution < -0.4 is 10.6 Å². The van der Waals surface area contributed by atoms with Crippen molar-refractivity contribution in [3.8, 4) is 0 Å². The normalized spacial score (nSPS) is 16.2. The summed E-state index contributed by atoms with van der Waals surface area (Å²) in [5, 5.41) is 9.98. The van der Waals surface area contributed by atoms with E-state index in [2.05, 4.69) is 30.6 Å². The maximum Gasteiger partial charge on any atom is 0.234 e. The van der Waals surface area contributed by atoms with Gasteiger partial charge in [-0.2, -0.15) is 0 Å². The fourth-order valence-corrected chi connectivity index (χ4v) is 2.50. The van der Waals surface area contributed by atoms with E-state index in [0.717, 1.165) is 37.8 Å². The summed E-state index contributed by atoms with van der Waals surface area (Å²) < 4.78 is 9.74. The zero-order chi connectivity index (χ0) is 17.2. The Morgan fingerprint density at radius 3 is 2.79 bits per heavy atom. The molecule has 0 spiro atoms. The van der Waals surface area contributed by atoms with Crippen LogP contribution in [0.1, 0.15) is 5.69 Å². The minimum Gasteiger partial charge on any atom is -0.383 e. The molecule has 0 radical (unpaired) electrons. The van der Waals surface area contributed by atoms with Gasteiger partial charge in [-0.15, -0.1) is 0 Å². The van der Waals surface area contributed by atoms with E-state index in [0.29, 0.717) is 26.2 Å². The van der Waals surface area contributed by atoms with Crippen molar-refractivity contribution in [2.24, 2.45) is 4.99 Å². The van der Waals surface area contributed by atoms with E-state index >= 15 is 0 Å². The fourth-order valence-electron chi connectivity index (χ4n) is 2.50. The minimum absolute atomic E-state index is 0.0361. The first-order valence-electron chi connectivity index (χ1n) is 8.05. The number of carbonyl (C=O) groups is 1. The second kappa shape index (κ2) is 9.89. The molecule has 0 unspecified atom stereocenters. The molecule has 1 aliphatic rings. The summed E-state index contributed by atoms with van der Waals surface area (Å²) in [5.74, 6) is 0.872. The summed E-state index contributed by atoms with van der Waals surface area (Å²) in [6, 6.07) is 1.82. The van der Waals surface area contributed by atoms with Crippen molar-refractivity contribution in [1.82, 2.24) is 25.6 Å². The van der Waals surface area contributed by atoms with Crippen molar-refractivity contribution in [2.45, 2.75) is 6.54 Å². The van der Waals surface area contributed by atoms with Gasteiger partial charge in [-0.05, 0) is 0 Å². The van der Waals surface area contributed by atoms with Crippen LogP contribution in [0.5, 0.6) is 0 Å². The number of hydrogen-bond donors (Lipinski definition) is 2. The number of aromatic nitrogens is 1. The second-order valence-corrected chi connectivity index (χ2v) is 5.50. The van der Waals surface area contributed by atoms with Crippen LogP contribution in [0.3, 0.4) is 0 Å². The molecular formula is C15H26N6O3. The maximum absolute atomic E-state index is 11.8. The second-order valence-electron chi connectivity index (χ2n) is 5.50. The van der Waals surface area contributed by atoms with E-state index < -0.39 is 0 Å². The molecule has 0 aromatic carbocycles. The van der Waals surface area contributed by atoms with Crippen LogP contribution in [0.15, 0.2) is 21.8 Å². The first-order chi connectivity index (χ1) is 11.7. The van der Waals surface area contributed by atoms with Crippen molar-refractivity contribution < 1.29 is 14.1 Å². The lowest BCUT2D eigenvalue weighted by atomic mass is 10.3. The monoisotopic (exact) mass is 338 g/mol. The Morgan fingerprint density at radius 1 is 1.38 bits per heavy atom. The van der Waals surface area contributed by atoms with Crippen LogP contribution in [-0.2, 0) is 16.1 Å². The number of carbonyl (C=O) groups excluding carboxylic acids is 1. The predicted octanol–water partition coefficient (Wildman–Crippen LogP) is -0.870. The number of ether oxygens (including phenoxy) is 1. The standard InChI is InChI=1S/C15H26N6O3/c1-16-15(18-11-13-3-9-24-19-13)21-7-5-20(6-8-21)12-14(22)17-4-10-23-2/h3,9H,4-8,10-12H2,1-2H3,(H,16,18)(H,17,22). The number of aliphatic imine (C=N–C) groups is 1. The van der Waals surface area contributed by atoms with Crippen molar-refractivity contribution in [1.29, 1.82) is 0 Å². The predicted molar refractivity (Wildman–Crippen MR) is 89.6 cm³/mol. The molecule has 0 atom stereocenters. The lowest BCUT2D eigenvalue weighted by molar-refractivity contribution is -0.122. The van der Waals surface area contributed by atoms with E-state index in [1.807, 2.05) is 6.07 Å². The van der Waals surface area contributed by atoms with E-state index in [4.69, 9.17) is 9.26 Å². The average molecular weight is 338 g/mol. The molecule has 1 fully saturated rings. The van der Waals surface area contributed by atoms with Crippen LogP contribution in [0.25, 0.3) is 0 Å². The number of amides is 1. The van der Waals surface area contributed by atoms with Gasteiger partial charge in [0.15, 0.2) is 5.96 Å². The molecule has 1 aromatic heterocycles. The molecule has 2 N–H and O–H groups in total. The number of methoxy groups -OCH3 is 1. The molecule has 9 heteroatoms. The van der Waals surface area contributed by atoms with Crippen LogP contribution in [0.4, 0.5) is 0 Å². The average Bonchev–Trinajstić information content (AvgIpc) is 3.10. The fraction of sp³-hybridized carbons (Fsp3) is 0.667. The van der Waals surface area contributed by atoms with Gasteiger partial charge in [-0.25, -0.2) is 0 Å². The maximum atomic E-state index is 11.8. The number of rotatable bonds is 7. The molecule has 2 heterocycles. The highest BCUT2D eigenvalue weighted by Crippen LogP contribution is 2.03. The number of piperazine rings is 1.